The van der Waals surface area contributed by atoms with E-state index in [0.717, 1.165) is 27.8 Å². The van der Waals surface area contributed by atoms with Gasteiger partial charge >= 0.3 is 0 Å². The van der Waals surface area contributed by atoms with E-state index in [1.54, 1.807) is 18.3 Å². The summed E-state index contributed by atoms with van der Waals surface area (Å²) in [6, 6.07) is 12.4. The standard InChI is InChI=1S/C18H16N4OS/c1-11-5-3-6-13-9-15(18-20-12(2)23-22-18)17(21-16(11)13)19-10-14-7-4-8-24-14/h3-9H,10H2,1-2H3,(H,19,21). The molecule has 0 spiro atoms. The van der Waals surface area contributed by atoms with Gasteiger partial charge < -0.3 is 9.84 Å². The predicted octanol–water partition coefficient (Wildman–Crippen LogP) is 4.58. The summed E-state index contributed by atoms with van der Waals surface area (Å²) in [4.78, 5) is 10.4. The highest BCUT2D eigenvalue weighted by Crippen LogP contribution is 2.30. The zero-order valence-corrected chi connectivity index (χ0v) is 14.2. The maximum atomic E-state index is 5.15. The molecule has 0 aliphatic heterocycles. The molecule has 0 saturated carbocycles. The highest BCUT2D eigenvalue weighted by atomic mass is 32.1. The molecule has 0 unspecified atom stereocenters. The summed E-state index contributed by atoms with van der Waals surface area (Å²) in [5.74, 6) is 1.86. The summed E-state index contributed by atoms with van der Waals surface area (Å²) in [5.41, 5.74) is 2.97. The van der Waals surface area contributed by atoms with Crippen LogP contribution in [0, 0.1) is 13.8 Å². The lowest BCUT2D eigenvalue weighted by Crippen LogP contribution is -2.03. The highest BCUT2D eigenvalue weighted by Gasteiger charge is 2.15. The number of aromatic nitrogens is 3. The van der Waals surface area contributed by atoms with Crippen LogP contribution in [0.2, 0.25) is 0 Å². The van der Waals surface area contributed by atoms with Gasteiger partial charge in [-0.15, -0.1) is 11.3 Å². The van der Waals surface area contributed by atoms with Crippen molar-refractivity contribution >= 4 is 28.1 Å². The number of thiophene rings is 1. The third kappa shape index (κ3) is 2.76. The second-order valence-corrected chi connectivity index (χ2v) is 6.63. The molecular weight excluding hydrogens is 320 g/mol. The Kier molecular flexibility index (Phi) is 3.74. The first-order valence-electron chi connectivity index (χ1n) is 7.68. The number of pyridine rings is 1. The largest absolute Gasteiger partial charge is 0.365 e. The van der Waals surface area contributed by atoms with Gasteiger partial charge in [0.2, 0.25) is 11.7 Å². The molecule has 6 heteroatoms. The molecule has 4 aromatic rings. The molecule has 0 atom stereocenters. The van der Waals surface area contributed by atoms with Crippen LogP contribution in [-0.2, 0) is 6.54 Å². The maximum Gasteiger partial charge on any atom is 0.223 e. The summed E-state index contributed by atoms with van der Waals surface area (Å²) in [5, 5.41) is 10.6. The average Bonchev–Trinajstić information content (AvgIpc) is 3.24. The first-order valence-corrected chi connectivity index (χ1v) is 8.56. The monoisotopic (exact) mass is 336 g/mol. The SMILES string of the molecule is Cc1nc(-c2cc3cccc(C)c3nc2NCc2cccs2)no1. The molecule has 0 amide bonds. The average molecular weight is 336 g/mol. The summed E-state index contributed by atoms with van der Waals surface area (Å²) < 4.78 is 5.15. The second-order valence-electron chi connectivity index (χ2n) is 5.60. The molecule has 3 aromatic heterocycles. The van der Waals surface area contributed by atoms with Gasteiger partial charge in [-0.25, -0.2) is 4.98 Å². The predicted molar refractivity (Wildman–Crippen MR) is 96.2 cm³/mol. The fourth-order valence-corrected chi connectivity index (χ4v) is 3.29. The summed E-state index contributed by atoms with van der Waals surface area (Å²) in [7, 11) is 0. The summed E-state index contributed by atoms with van der Waals surface area (Å²) in [6.07, 6.45) is 0. The Bertz CT molecular complexity index is 992. The number of hydrogen-bond donors (Lipinski definition) is 1. The van der Waals surface area contributed by atoms with Crippen molar-refractivity contribution < 1.29 is 4.52 Å². The van der Waals surface area contributed by atoms with Gasteiger partial charge in [0, 0.05) is 17.2 Å². The lowest BCUT2D eigenvalue weighted by molar-refractivity contribution is 0.394. The normalized spacial score (nSPS) is 11.1. The van der Waals surface area contributed by atoms with Crippen LogP contribution in [0.25, 0.3) is 22.3 Å². The Balaban J connectivity index is 1.82. The second kappa shape index (κ2) is 6.05. The van der Waals surface area contributed by atoms with Crippen molar-refractivity contribution in [3.8, 4) is 11.4 Å². The van der Waals surface area contributed by atoms with E-state index in [1.165, 1.54) is 4.88 Å². The summed E-state index contributed by atoms with van der Waals surface area (Å²) in [6.45, 7) is 4.57. The molecule has 1 N–H and O–H groups in total. The van der Waals surface area contributed by atoms with E-state index in [1.807, 2.05) is 12.1 Å². The Labute approximate surface area is 143 Å². The molecule has 0 radical (unpaired) electrons. The molecular formula is C18H16N4OS. The number of benzene rings is 1. The molecule has 24 heavy (non-hydrogen) atoms. The molecule has 3 heterocycles. The van der Waals surface area contributed by atoms with Crippen LogP contribution < -0.4 is 5.32 Å². The fourth-order valence-electron chi connectivity index (χ4n) is 2.64. The quantitative estimate of drug-likeness (QED) is 0.591. The number of nitrogens with one attached hydrogen (secondary N) is 1. The number of nitrogens with zero attached hydrogens (tertiary/aromatic N) is 3. The fraction of sp³-hybridized carbons (Fsp3) is 0.167. The van der Waals surface area contributed by atoms with Gasteiger partial charge in [-0.3, -0.25) is 0 Å². The molecule has 0 aliphatic rings. The van der Waals surface area contributed by atoms with E-state index < -0.39 is 0 Å². The van der Waals surface area contributed by atoms with Gasteiger partial charge in [0.25, 0.3) is 0 Å². The van der Waals surface area contributed by atoms with Crippen LogP contribution in [0.15, 0.2) is 46.3 Å². The van der Waals surface area contributed by atoms with Crippen LogP contribution in [0.1, 0.15) is 16.3 Å². The van der Waals surface area contributed by atoms with Crippen LogP contribution in [-0.4, -0.2) is 15.1 Å². The molecule has 120 valence electrons. The number of anilines is 1. The van der Waals surface area contributed by atoms with E-state index in [2.05, 4.69) is 52.0 Å². The minimum absolute atomic E-state index is 0.540. The van der Waals surface area contributed by atoms with Gasteiger partial charge in [0.1, 0.15) is 5.82 Å². The molecule has 0 saturated heterocycles. The zero-order chi connectivity index (χ0) is 16.5. The first-order chi connectivity index (χ1) is 11.7. The number of aryl methyl sites for hydroxylation is 2. The van der Waals surface area contributed by atoms with Gasteiger partial charge in [-0.2, -0.15) is 4.98 Å². The van der Waals surface area contributed by atoms with Crippen molar-refractivity contribution in [1.82, 2.24) is 15.1 Å². The van der Waals surface area contributed by atoms with Crippen LogP contribution in [0.3, 0.4) is 0 Å². The molecule has 5 nitrogen and oxygen atoms in total. The van der Waals surface area contributed by atoms with E-state index in [-0.39, 0.29) is 0 Å². The van der Waals surface area contributed by atoms with Crippen molar-refractivity contribution in [3.05, 3.63) is 58.1 Å². The van der Waals surface area contributed by atoms with E-state index >= 15 is 0 Å². The number of fused-ring (bicyclic) bond motifs is 1. The lowest BCUT2D eigenvalue weighted by Gasteiger charge is -2.11. The van der Waals surface area contributed by atoms with Gasteiger partial charge in [0.05, 0.1) is 17.6 Å². The van der Waals surface area contributed by atoms with Crippen molar-refractivity contribution in [2.24, 2.45) is 0 Å². The smallest absolute Gasteiger partial charge is 0.223 e. The minimum atomic E-state index is 0.540. The minimum Gasteiger partial charge on any atom is -0.365 e. The van der Waals surface area contributed by atoms with Gasteiger partial charge in [0.15, 0.2) is 0 Å². The lowest BCUT2D eigenvalue weighted by atomic mass is 10.1. The topological polar surface area (TPSA) is 63.8 Å². The van der Waals surface area contributed by atoms with Crippen molar-refractivity contribution in [1.29, 1.82) is 0 Å². The third-order valence-corrected chi connectivity index (χ3v) is 4.70. The molecule has 0 aliphatic carbocycles. The van der Waals surface area contributed by atoms with Crippen LogP contribution >= 0.6 is 11.3 Å². The Morgan fingerprint density at radius 3 is 2.79 bits per heavy atom. The molecule has 0 fully saturated rings. The Morgan fingerprint density at radius 2 is 2.04 bits per heavy atom. The van der Waals surface area contributed by atoms with Crippen LogP contribution in [0.4, 0.5) is 5.82 Å². The van der Waals surface area contributed by atoms with Gasteiger partial charge in [-0.1, -0.05) is 29.4 Å². The molecule has 4 rings (SSSR count). The number of hydrogen-bond acceptors (Lipinski definition) is 6. The van der Waals surface area contributed by atoms with E-state index in [4.69, 9.17) is 9.51 Å². The van der Waals surface area contributed by atoms with E-state index in [0.29, 0.717) is 18.3 Å². The Morgan fingerprint density at radius 1 is 1.12 bits per heavy atom. The van der Waals surface area contributed by atoms with Crippen LogP contribution in [0.5, 0.6) is 0 Å². The Hall–Kier alpha value is -2.73. The van der Waals surface area contributed by atoms with Crippen molar-refractivity contribution in [3.63, 3.8) is 0 Å². The number of rotatable bonds is 4. The highest BCUT2D eigenvalue weighted by molar-refractivity contribution is 7.09. The van der Waals surface area contributed by atoms with Crippen molar-refractivity contribution in [2.75, 3.05) is 5.32 Å². The molecule has 0 bridgehead atoms. The number of para-hydroxylation sites is 1. The zero-order valence-electron chi connectivity index (χ0n) is 13.4. The third-order valence-electron chi connectivity index (χ3n) is 3.83. The molecule has 1 aromatic carbocycles. The van der Waals surface area contributed by atoms with Crippen molar-refractivity contribution in [2.45, 2.75) is 20.4 Å². The maximum absolute atomic E-state index is 5.15. The van der Waals surface area contributed by atoms with Gasteiger partial charge in [-0.05, 0) is 30.0 Å². The summed E-state index contributed by atoms with van der Waals surface area (Å²) >= 11 is 1.71. The first kappa shape index (κ1) is 14.8. The van der Waals surface area contributed by atoms with E-state index in [9.17, 15) is 0 Å².